The minimum Gasteiger partial charge on any atom is -0.314 e. The van der Waals surface area contributed by atoms with Crippen LogP contribution in [-0.2, 0) is 6.54 Å². The largest absolute Gasteiger partial charge is 0.314 e. The van der Waals surface area contributed by atoms with E-state index in [4.69, 9.17) is 0 Å². The van der Waals surface area contributed by atoms with Crippen LogP contribution in [0.5, 0.6) is 0 Å². The summed E-state index contributed by atoms with van der Waals surface area (Å²) in [5.41, 5.74) is 5.87. The molecule has 1 N–H and O–H groups in total. The molecule has 2 nitrogen and oxygen atoms in total. The maximum Gasteiger partial charge on any atom is 0.0252 e. The van der Waals surface area contributed by atoms with Crippen LogP contribution in [0, 0.1) is 26.7 Å². The Morgan fingerprint density at radius 2 is 1.84 bits per heavy atom. The van der Waals surface area contributed by atoms with Crippen LogP contribution in [-0.4, -0.2) is 30.6 Å². The lowest BCUT2D eigenvalue weighted by Crippen LogP contribution is -2.51. The van der Waals surface area contributed by atoms with Crippen molar-refractivity contribution in [3.63, 3.8) is 0 Å². The second-order valence-corrected chi connectivity index (χ2v) is 6.46. The first-order valence-corrected chi connectivity index (χ1v) is 7.66. The van der Waals surface area contributed by atoms with E-state index in [1.54, 1.807) is 5.56 Å². The van der Waals surface area contributed by atoms with Crippen molar-refractivity contribution in [2.24, 2.45) is 5.92 Å². The highest BCUT2D eigenvalue weighted by Gasteiger charge is 2.36. The molecule has 1 aromatic rings. The molecule has 2 fully saturated rings. The Kier molecular flexibility index (Phi) is 3.64. The molecule has 0 amide bonds. The fourth-order valence-corrected chi connectivity index (χ4v) is 3.57. The highest BCUT2D eigenvalue weighted by Crippen LogP contribution is 2.36. The summed E-state index contributed by atoms with van der Waals surface area (Å²) in [5, 5.41) is 3.57. The molecular formula is C17H26N2. The molecule has 0 bridgehead atoms. The second-order valence-electron chi connectivity index (χ2n) is 6.46. The minimum absolute atomic E-state index is 0.772. The predicted molar refractivity (Wildman–Crippen MR) is 80.4 cm³/mol. The van der Waals surface area contributed by atoms with E-state index < -0.39 is 0 Å². The minimum atomic E-state index is 0.772. The quantitative estimate of drug-likeness (QED) is 0.897. The molecule has 1 unspecified atom stereocenters. The van der Waals surface area contributed by atoms with Crippen LogP contribution in [0.25, 0.3) is 0 Å². The van der Waals surface area contributed by atoms with E-state index in [1.807, 2.05) is 0 Å². The van der Waals surface area contributed by atoms with Gasteiger partial charge in [-0.05, 0) is 56.2 Å². The smallest absolute Gasteiger partial charge is 0.0252 e. The van der Waals surface area contributed by atoms with Crippen LogP contribution in [0.2, 0.25) is 0 Å². The van der Waals surface area contributed by atoms with Gasteiger partial charge in [-0.2, -0.15) is 0 Å². The highest BCUT2D eigenvalue weighted by atomic mass is 15.2. The summed E-state index contributed by atoms with van der Waals surface area (Å²) >= 11 is 0. The SMILES string of the molecule is Cc1cc(C)c(CN2CCNCC2C2CC2)c(C)c1. The highest BCUT2D eigenvalue weighted by molar-refractivity contribution is 5.37. The number of benzene rings is 1. The summed E-state index contributed by atoms with van der Waals surface area (Å²) in [6.07, 6.45) is 2.88. The van der Waals surface area contributed by atoms with Gasteiger partial charge in [0.25, 0.3) is 0 Å². The van der Waals surface area contributed by atoms with E-state index in [0.717, 1.165) is 25.0 Å². The molecule has 1 aliphatic carbocycles. The van der Waals surface area contributed by atoms with Gasteiger partial charge in [0.1, 0.15) is 0 Å². The molecule has 0 radical (unpaired) electrons. The van der Waals surface area contributed by atoms with Crippen LogP contribution >= 0.6 is 0 Å². The van der Waals surface area contributed by atoms with Crippen molar-refractivity contribution in [3.05, 3.63) is 34.4 Å². The van der Waals surface area contributed by atoms with Crippen molar-refractivity contribution in [1.29, 1.82) is 0 Å². The molecule has 2 heteroatoms. The lowest BCUT2D eigenvalue weighted by atomic mass is 9.98. The average molecular weight is 258 g/mol. The summed E-state index contributed by atoms with van der Waals surface area (Å²) in [7, 11) is 0. The van der Waals surface area contributed by atoms with Crippen LogP contribution < -0.4 is 5.32 Å². The van der Waals surface area contributed by atoms with Crippen molar-refractivity contribution in [2.75, 3.05) is 19.6 Å². The first kappa shape index (κ1) is 13.1. The van der Waals surface area contributed by atoms with Gasteiger partial charge in [-0.3, -0.25) is 4.90 Å². The summed E-state index contributed by atoms with van der Waals surface area (Å²) in [6.45, 7) is 11.4. The van der Waals surface area contributed by atoms with Crippen LogP contribution in [0.4, 0.5) is 0 Å². The average Bonchev–Trinajstić information content (AvgIpc) is 3.18. The molecule has 1 atom stereocenters. The number of hydrogen-bond acceptors (Lipinski definition) is 2. The standard InChI is InChI=1S/C17H26N2/c1-12-8-13(2)16(14(3)9-12)11-19-7-6-18-10-17(19)15-4-5-15/h8-9,15,17-18H,4-7,10-11H2,1-3H3. The predicted octanol–water partition coefficient (Wildman–Crippen LogP) is 2.80. The van der Waals surface area contributed by atoms with Gasteiger partial charge in [-0.15, -0.1) is 0 Å². The van der Waals surface area contributed by atoms with Crippen LogP contribution in [0.15, 0.2) is 12.1 Å². The summed E-state index contributed by atoms with van der Waals surface area (Å²) in [4.78, 5) is 2.72. The molecular weight excluding hydrogens is 232 g/mol. The first-order chi connectivity index (χ1) is 9.15. The number of piperazine rings is 1. The lowest BCUT2D eigenvalue weighted by Gasteiger charge is -2.37. The Bertz CT molecular complexity index is 439. The van der Waals surface area contributed by atoms with E-state index in [2.05, 4.69) is 43.1 Å². The third-order valence-corrected chi connectivity index (χ3v) is 4.77. The zero-order valence-electron chi connectivity index (χ0n) is 12.5. The van der Waals surface area contributed by atoms with Crippen molar-refractivity contribution in [1.82, 2.24) is 10.2 Å². The van der Waals surface area contributed by atoms with Crippen molar-refractivity contribution >= 4 is 0 Å². The maximum absolute atomic E-state index is 3.57. The third kappa shape index (κ3) is 2.85. The Morgan fingerprint density at radius 3 is 2.47 bits per heavy atom. The van der Waals surface area contributed by atoms with Gasteiger partial charge in [0.05, 0.1) is 0 Å². The van der Waals surface area contributed by atoms with Gasteiger partial charge in [-0.1, -0.05) is 17.7 Å². The summed E-state index contributed by atoms with van der Waals surface area (Å²) in [6, 6.07) is 5.43. The van der Waals surface area contributed by atoms with Crippen LogP contribution in [0.1, 0.15) is 35.1 Å². The van der Waals surface area contributed by atoms with Crippen molar-refractivity contribution in [2.45, 2.75) is 46.2 Å². The van der Waals surface area contributed by atoms with Gasteiger partial charge in [0, 0.05) is 32.2 Å². The van der Waals surface area contributed by atoms with Gasteiger partial charge in [-0.25, -0.2) is 0 Å². The maximum atomic E-state index is 3.57. The molecule has 1 heterocycles. The Hall–Kier alpha value is -0.860. The molecule has 1 saturated heterocycles. The van der Waals surface area contributed by atoms with E-state index >= 15 is 0 Å². The monoisotopic (exact) mass is 258 g/mol. The van der Waals surface area contributed by atoms with Gasteiger partial charge >= 0.3 is 0 Å². The third-order valence-electron chi connectivity index (χ3n) is 4.77. The molecule has 104 valence electrons. The fourth-order valence-electron chi connectivity index (χ4n) is 3.57. The summed E-state index contributed by atoms with van der Waals surface area (Å²) < 4.78 is 0. The number of nitrogens with one attached hydrogen (secondary N) is 1. The zero-order chi connectivity index (χ0) is 13.4. The van der Waals surface area contributed by atoms with Gasteiger partial charge in [0.15, 0.2) is 0 Å². The number of hydrogen-bond donors (Lipinski definition) is 1. The molecule has 3 rings (SSSR count). The second kappa shape index (κ2) is 5.26. The Balaban J connectivity index is 1.79. The number of rotatable bonds is 3. The normalized spacial score (nSPS) is 24.7. The molecule has 19 heavy (non-hydrogen) atoms. The molecule has 1 saturated carbocycles. The Morgan fingerprint density at radius 1 is 1.16 bits per heavy atom. The lowest BCUT2D eigenvalue weighted by molar-refractivity contribution is 0.135. The molecule has 2 aliphatic rings. The zero-order valence-corrected chi connectivity index (χ0v) is 12.5. The van der Waals surface area contributed by atoms with Crippen molar-refractivity contribution < 1.29 is 0 Å². The summed E-state index contributed by atoms with van der Waals surface area (Å²) in [5.74, 6) is 0.957. The number of aryl methyl sites for hydroxylation is 3. The van der Waals surface area contributed by atoms with E-state index in [9.17, 15) is 0 Å². The molecule has 0 spiro atoms. The fraction of sp³-hybridized carbons (Fsp3) is 0.647. The van der Waals surface area contributed by atoms with Crippen molar-refractivity contribution in [3.8, 4) is 0 Å². The number of nitrogens with zero attached hydrogens (tertiary/aromatic N) is 1. The van der Waals surface area contributed by atoms with E-state index in [-0.39, 0.29) is 0 Å². The van der Waals surface area contributed by atoms with Gasteiger partial charge < -0.3 is 5.32 Å². The topological polar surface area (TPSA) is 15.3 Å². The molecule has 1 aromatic carbocycles. The van der Waals surface area contributed by atoms with Gasteiger partial charge in [0.2, 0.25) is 0 Å². The van der Waals surface area contributed by atoms with Crippen LogP contribution in [0.3, 0.4) is 0 Å². The first-order valence-electron chi connectivity index (χ1n) is 7.66. The molecule has 1 aliphatic heterocycles. The Labute approximate surface area is 117 Å². The van der Waals surface area contributed by atoms with E-state index in [0.29, 0.717) is 0 Å². The van der Waals surface area contributed by atoms with E-state index in [1.165, 1.54) is 42.6 Å². The molecule has 0 aromatic heterocycles.